The maximum atomic E-state index is 12.9. The number of aryl methyl sites for hydroxylation is 1. The van der Waals surface area contributed by atoms with Crippen molar-refractivity contribution in [3.05, 3.63) is 11.7 Å². The Bertz CT molecular complexity index is 622. The third-order valence-electron chi connectivity index (χ3n) is 4.79. The normalized spacial score (nSPS) is 26.4. The first-order valence-electron chi connectivity index (χ1n) is 8.04. The lowest BCUT2D eigenvalue weighted by Crippen LogP contribution is -2.54. The molecule has 3 rings (SSSR count). The molecule has 1 saturated carbocycles. The van der Waals surface area contributed by atoms with Gasteiger partial charge in [0.2, 0.25) is 5.89 Å². The van der Waals surface area contributed by atoms with Crippen LogP contribution in [-0.4, -0.2) is 35.5 Å². The number of nitrogens with one attached hydrogen (secondary N) is 1. The van der Waals surface area contributed by atoms with Gasteiger partial charge in [0.05, 0.1) is 5.54 Å². The molecule has 22 heavy (non-hydrogen) atoms. The maximum absolute atomic E-state index is 12.9. The van der Waals surface area contributed by atoms with Gasteiger partial charge in [-0.05, 0) is 32.6 Å². The number of aromatic nitrogens is 2. The van der Waals surface area contributed by atoms with Crippen LogP contribution < -0.4 is 4.72 Å². The molecule has 0 radical (unpaired) electrons. The fraction of sp³-hybridized carbons (Fsp3) is 0.857. The molecular weight excluding hydrogens is 304 g/mol. The second kappa shape index (κ2) is 5.90. The Hall–Kier alpha value is -0.990. The highest BCUT2D eigenvalue weighted by Crippen LogP contribution is 2.38. The molecule has 1 aliphatic carbocycles. The van der Waals surface area contributed by atoms with Gasteiger partial charge < -0.3 is 4.52 Å². The van der Waals surface area contributed by atoms with E-state index in [0.29, 0.717) is 31.1 Å². The van der Waals surface area contributed by atoms with Gasteiger partial charge in [0.25, 0.3) is 10.2 Å². The molecule has 1 N–H and O–H groups in total. The molecule has 1 aromatic heterocycles. The van der Waals surface area contributed by atoms with E-state index < -0.39 is 15.7 Å². The van der Waals surface area contributed by atoms with E-state index in [1.54, 1.807) is 11.2 Å². The van der Waals surface area contributed by atoms with Gasteiger partial charge in [0, 0.05) is 19.5 Å². The lowest BCUT2D eigenvalue weighted by atomic mass is 9.99. The first kappa shape index (κ1) is 15.9. The molecule has 1 aromatic rings. The summed E-state index contributed by atoms with van der Waals surface area (Å²) in [6.45, 7) is 4.27. The van der Waals surface area contributed by atoms with Crippen LogP contribution in [0.1, 0.15) is 63.6 Å². The minimum absolute atomic E-state index is 0.0386. The summed E-state index contributed by atoms with van der Waals surface area (Å²) in [5.41, 5.74) is -0.715. The first-order valence-corrected chi connectivity index (χ1v) is 9.48. The molecule has 1 aliphatic heterocycles. The molecule has 1 atom stereocenters. The standard InChI is InChI=1S/C14H24N4O3S/c1-11-7-3-6-10-18(11)22(19,20)17-14(8-4-5-9-14)13-15-12(2)21-16-13/h11,17H,3-10H2,1-2H3. The van der Waals surface area contributed by atoms with E-state index in [1.165, 1.54) is 0 Å². The minimum atomic E-state index is -3.55. The van der Waals surface area contributed by atoms with Gasteiger partial charge >= 0.3 is 0 Å². The highest BCUT2D eigenvalue weighted by atomic mass is 32.2. The predicted molar refractivity (Wildman–Crippen MR) is 81.3 cm³/mol. The Labute approximate surface area is 131 Å². The summed E-state index contributed by atoms with van der Waals surface area (Å²) in [5, 5.41) is 3.99. The van der Waals surface area contributed by atoms with Crippen molar-refractivity contribution in [2.45, 2.75) is 70.4 Å². The van der Waals surface area contributed by atoms with Crippen molar-refractivity contribution < 1.29 is 12.9 Å². The van der Waals surface area contributed by atoms with E-state index in [-0.39, 0.29) is 6.04 Å². The van der Waals surface area contributed by atoms with Crippen molar-refractivity contribution in [2.75, 3.05) is 6.54 Å². The molecule has 0 amide bonds. The van der Waals surface area contributed by atoms with Crippen LogP contribution in [0.25, 0.3) is 0 Å². The molecule has 124 valence electrons. The molecule has 8 heteroatoms. The minimum Gasteiger partial charge on any atom is -0.340 e. The van der Waals surface area contributed by atoms with E-state index in [2.05, 4.69) is 14.9 Å². The fourth-order valence-corrected chi connectivity index (χ4v) is 5.43. The lowest BCUT2D eigenvalue weighted by molar-refractivity contribution is 0.254. The van der Waals surface area contributed by atoms with Crippen molar-refractivity contribution in [1.82, 2.24) is 19.2 Å². The highest BCUT2D eigenvalue weighted by molar-refractivity contribution is 7.87. The fourth-order valence-electron chi connectivity index (χ4n) is 3.58. The summed E-state index contributed by atoms with van der Waals surface area (Å²) >= 11 is 0. The SMILES string of the molecule is Cc1nc(C2(NS(=O)(=O)N3CCCCC3C)CCCC2)no1. The smallest absolute Gasteiger partial charge is 0.280 e. The zero-order chi connectivity index (χ0) is 15.8. The number of piperidine rings is 1. The van der Waals surface area contributed by atoms with E-state index in [1.807, 2.05) is 6.92 Å². The van der Waals surface area contributed by atoms with Crippen molar-refractivity contribution in [3.63, 3.8) is 0 Å². The van der Waals surface area contributed by atoms with Crippen LogP contribution in [0, 0.1) is 6.92 Å². The molecular formula is C14H24N4O3S. The Morgan fingerprint density at radius 1 is 1.27 bits per heavy atom. The zero-order valence-electron chi connectivity index (χ0n) is 13.2. The lowest BCUT2D eigenvalue weighted by Gasteiger charge is -2.36. The Balaban J connectivity index is 1.87. The van der Waals surface area contributed by atoms with Crippen LogP contribution in [0.4, 0.5) is 0 Å². The number of nitrogens with zero attached hydrogens (tertiary/aromatic N) is 3. The largest absolute Gasteiger partial charge is 0.340 e. The molecule has 2 fully saturated rings. The van der Waals surface area contributed by atoms with Gasteiger partial charge in [0.1, 0.15) is 0 Å². The second-order valence-corrected chi connectivity index (χ2v) is 8.11. The topological polar surface area (TPSA) is 88.3 Å². The third-order valence-corrected chi connectivity index (χ3v) is 6.60. The van der Waals surface area contributed by atoms with Crippen molar-refractivity contribution in [2.24, 2.45) is 0 Å². The van der Waals surface area contributed by atoms with Gasteiger partial charge in [-0.2, -0.15) is 22.4 Å². The summed E-state index contributed by atoms with van der Waals surface area (Å²) in [4.78, 5) is 4.29. The van der Waals surface area contributed by atoms with Crippen molar-refractivity contribution >= 4 is 10.2 Å². The van der Waals surface area contributed by atoms with Crippen molar-refractivity contribution in [3.8, 4) is 0 Å². The van der Waals surface area contributed by atoms with Crippen molar-refractivity contribution in [1.29, 1.82) is 0 Å². The number of hydrogen-bond acceptors (Lipinski definition) is 5. The highest BCUT2D eigenvalue weighted by Gasteiger charge is 2.45. The summed E-state index contributed by atoms with van der Waals surface area (Å²) in [7, 11) is -3.55. The van der Waals surface area contributed by atoms with Crippen LogP contribution in [-0.2, 0) is 15.7 Å². The zero-order valence-corrected chi connectivity index (χ0v) is 14.0. The Morgan fingerprint density at radius 2 is 2.00 bits per heavy atom. The second-order valence-electron chi connectivity index (χ2n) is 6.49. The summed E-state index contributed by atoms with van der Waals surface area (Å²) in [6.07, 6.45) is 6.27. The summed E-state index contributed by atoms with van der Waals surface area (Å²) in [6, 6.07) is 0.0386. The van der Waals surface area contributed by atoms with Crippen LogP contribution >= 0.6 is 0 Å². The number of rotatable bonds is 4. The summed E-state index contributed by atoms with van der Waals surface area (Å²) < 4.78 is 35.3. The predicted octanol–water partition coefficient (Wildman–Crippen LogP) is 1.86. The quantitative estimate of drug-likeness (QED) is 0.911. The van der Waals surface area contributed by atoms with Gasteiger partial charge in [-0.25, -0.2) is 0 Å². The first-order chi connectivity index (χ1) is 10.4. The van der Waals surface area contributed by atoms with E-state index >= 15 is 0 Å². The van der Waals surface area contributed by atoms with Crippen LogP contribution in [0.3, 0.4) is 0 Å². The van der Waals surface area contributed by atoms with Gasteiger partial charge in [-0.3, -0.25) is 0 Å². The molecule has 0 bridgehead atoms. The van der Waals surface area contributed by atoms with Crippen LogP contribution in [0.5, 0.6) is 0 Å². The molecule has 2 heterocycles. The van der Waals surface area contributed by atoms with Gasteiger partial charge in [0.15, 0.2) is 5.82 Å². The van der Waals surface area contributed by atoms with E-state index in [9.17, 15) is 8.42 Å². The van der Waals surface area contributed by atoms with Crippen LogP contribution in [0.15, 0.2) is 4.52 Å². The van der Waals surface area contributed by atoms with Gasteiger partial charge in [-0.1, -0.05) is 24.4 Å². The average Bonchev–Trinajstić information content (AvgIpc) is 3.08. The van der Waals surface area contributed by atoms with E-state index in [0.717, 1.165) is 32.1 Å². The molecule has 2 aliphatic rings. The average molecular weight is 328 g/mol. The molecule has 1 unspecified atom stereocenters. The monoisotopic (exact) mass is 328 g/mol. The van der Waals surface area contributed by atoms with Crippen LogP contribution in [0.2, 0.25) is 0 Å². The molecule has 0 aromatic carbocycles. The Kier molecular flexibility index (Phi) is 4.26. The number of hydrogen-bond donors (Lipinski definition) is 1. The third kappa shape index (κ3) is 2.91. The molecule has 1 saturated heterocycles. The van der Waals surface area contributed by atoms with Gasteiger partial charge in [-0.15, -0.1) is 0 Å². The molecule has 7 nitrogen and oxygen atoms in total. The van der Waals surface area contributed by atoms with E-state index in [4.69, 9.17) is 4.52 Å². The maximum Gasteiger partial charge on any atom is 0.280 e. The Morgan fingerprint density at radius 3 is 2.59 bits per heavy atom. The molecule has 0 spiro atoms. The summed E-state index contributed by atoms with van der Waals surface area (Å²) in [5.74, 6) is 0.933.